The van der Waals surface area contributed by atoms with E-state index < -0.39 is 0 Å². The second kappa shape index (κ2) is 5.60. The first kappa shape index (κ1) is 11.0. The second-order valence-corrected chi connectivity index (χ2v) is 3.36. The van der Waals surface area contributed by atoms with Crippen LogP contribution in [0.5, 0.6) is 0 Å². The number of amides is 1. The van der Waals surface area contributed by atoms with Gasteiger partial charge < -0.3 is 5.32 Å². The van der Waals surface area contributed by atoms with Gasteiger partial charge in [0.05, 0.1) is 11.7 Å². The van der Waals surface area contributed by atoms with Gasteiger partial charge in [0.2, 0.25) is 5.91 Å². The Kier molecular flexibility index (Phi) is 4.40. The molecule has 14 heavy (non-hydrogen) atoms. The number of aromatic nitrogens is 1. The minimum absolute atomic E-state index is 0.0434. The van der Waals surface area contributed by atoms with Crippen LogP contribution in [0.3, 0.4) is 0 Å². The molecule has 1 N–H and O–H groups in total. The van der Waals surface area contributed by atoms with E-state index in [1.54, 1.807) is 6.20 Å². The van der Waals surface area contributed by atoms with Gasteiger partial charge in [-0.2, -0.15) is 0 Å². The normalized spacial score (nSPS) is 12.1. The maximum Gasteiger partial charge on any atom is 0.221 e. The van der Waals surface area contributed by atoms with E-state index in [0.29, 0.717) is 12.3 Å². The number of nitrogens with one attached hydrogen (secondary N) is 1. The molecule has 0 aliphatic carbocycles. The molecule has 0 fully saturated rings. The minimum atomic E-state index is -0.0630. The highest BCUT2D eigenvalue weighted by molar-refractivity contribution is 6.18. The summed E-state index contributed by atoms with van der Waals surface area (Å²) in [7, 11) is 0. The van der Waals surface area contributed by atoms with Crippen molar-refractivity contribution in [2.75, 3.05) is 5.88 Å². The zero-order valence-corrected chi connectivity index (χ0v) is 8.79. The SMILES string of the molecule is CC(NC(=O)CCCl)c1ccccn1. The van der Waals surface area contributed by atoms with Crippen molar-refractivity contribution in [1.29, 1.82) is 0 Å². The molecule has 0 bridgehead atoms. The van der Waals surface area contributed by atoms with Gasteiger partial charge in [-0.05, 0) is 19.1 Å². The van der Waals surface area contributed by atoms with E-state index in [0.717, 1.165) is 5.69 Å². The van der Waals surface area contributed by atoms with Crippen LogP contribution in [0.4, 0.5) is 0 Å². The lowest BCUT2D eigenvalue weighted by Gasteiger charge is -2.12. The summed E-state index contributed by atoms with van der Waals surface area (Å²) in [6.07, 6.45) is 2.05. The maximum absolute atomic E-state index is 11.2. The first-order valence-electron chi connectivity index (χ1n) is 4.50. The van der Waals surface area contributed by atoms with E-state index in [9.17, 15) is 4.79 Å². The van der Waals surface area contributed by atoms with Crippen molar-refractivity contribution in [3.63, 3.8) is 0 Å². The Morgan fingerprint density at radius 2 is 2.43 bits per heavy atom. The quantitative estimate of drug-likeness (QED) is 0.775. The van der Waals surface area contributed by atoms with Gasteiger partial charge >= 0.3 is 0 Å². The molecule has 1 unspecified atom stereocenters. The van der Waals surface area contributed by atoms with Gasteiger partial charge in [-0.25, -0.2) is 0 Å². The lowest BCUT2D eigenvalue weighted by atomic mass is 10.2. The number of alkyl halides is 1. The highest BCUT2D eigenvalue weighted by atomic mass is 35.5. The number of carbonyl (C=O) groups excluding carboxylic acids is 1. The monoisotopic (exact) mass is 212 g/mol. The Morgan fingerprint density at radius 3 is 3.00 bits per heavy atom. The van der Waals surface area contributed by atoms with Crippen molar-refractivity contribution in [2.45, 2.75) is 19.4 Å². The lowest BCUT2D eigenvalue weighted by molar-refractivity contribution is -0.121. The average molecular weight is 213 g/mol. The Bertz CT molecular complexity index is 289. The van der Waals surface area contributed by atoms with Gasteiger partial charge in [0.25, 0.3) is 0 Å². The van der Waals surface area contributed by atoms with Gasteiger partial charge in [0, 0.05) is 18.5 Å². The van der Waals surface area contributed by atoms with Gasteiger partial charge in [-0.3, -0.25) is 9.78 Å². The molecule has 1 amide bonds. The van der Waals surface area contributed by atoms with Gasteiger partial charge in [-0.15, -0.1) is 11.6 Å². The molecule has 0 saturated heterocycles. The van der Waals surface area contributed by atoms with Gasteiger partial charge in [0.1, 0.15) is 0 Å². The number of pyridine rings is 1. The summed E-state index contributed by atoms with van der Waals surface area (Å²) in [5.74, 6) is 0.305. The number of carbonyl (C=O) groups is 1. The molecular weight excluding hydrogens is 200 g/mol. The topological polar surface area (TPSA) is 42.0 Å². The number of hydrogen-bond donors (Lipinski definition) is 1. The Balaban J connectivity index is 2.50. The Morgan fingerprint density at radius 1 is 1.64 bits per heavy atom. The van der Waals surface area contributed by atoms with E-state index in [1.165, 1.54) is 0 Å². The fourth-order valence-corrected chi connectivity index (χ4v) is 1.28. The van der Waals surface area contributed by atoms with Crippen LogP contribution >= 0.6 is 11.6 Å². The first-order chi connectivity index (χ1) is 6.74. The van der Waals surface area contributed by atoms with Crippen LogP contribution in [0.15, 0.2) is 24.4 Å². The molecule has 1 aromatic rings. The average Bonchev–Trinajstić information content (AvgIpc) is 2.19. The number of nitrogens with zero attached hydrogens (tertiary/aromatic N) is 1. The molecule has 1 aromatic heterocycles. The van der Waals surface area contributed by atoms with Crippen molar-refractivity contribution >= 4 is 17.5 Å². The largest absolute Gasteiger partial charge is 0.348 e. The van der Waals surface area contributed by atoms with Crippen molar-refractivity contribution < 1.29 is 4.79 Å². The third-order valence-corrected chi connectivity index (χ3v) is 2.02. The third kappa shape index (κ3) is 3.34. The minimum Gasteiger partial charge on any atom is -0.348 e. The summed E-state index contributed by atoms with van der Waals surface area (Å²) in [6, 6.07) is 5.56. The number of hydrogen-bond acceptors (Lipinski definition) is 2. The molecule has 0 spiro atoms. The van der Waals surface area contributed by atoms with E-state index in [4.69, 9.17) is 11.6 Å². The fraction of sp³-hybridized carbons (Fsp3) is 0.400. The van der Waals surface area contributed by atoms with E-state index in [2.05, 4.69) is 10.3 Å². The summed E-state index contributed by atoms with van der Waals surface area (Å²) in [5.41, 5.74) is 0.857. The van der Waals surface area contributed by atoms with Gasteiger partial charge in [-0.1, -0.05) is 6.07 Å². The smallest absolute Gasteiger partial charge is 0.221 e. The highest BCUT2D eigenvalue weighted by Crippen LogP contribution is 2.07. The molecule has 0 aromatic carbocycles. The van der Waals surface area contributed by atoms with Gasteiger partial charge in [0.15, 0.2) is 0 Å². The summed E-state index contributed by atoms with van der Waals surface area (Å²) in [4.78, 5) is 15.3. The van der Waals surface area contributed by atoms with E-state index in [1.807, 2.05) is 25.1 Å². The molecule has 0 aliphatic heterocycles. The number of rotatable bonds is 4. The van der Waals surface area contributed by atoms with Crippen LogP contribution < -0.4 is 5.32 Å². The molecule has 1 atom stereocenters. The van der Waals surface area contributed by atoms with Crippen molar-refractivity contribution in [2.24, 2.45) is 0 Å². The summed E-state index contributed by atoms with van der Waals surface area (Å²) >= 11 is 5.45. The molecule has 3 nitrogen and oxygen atoms in total. The van der Waals surface area contributed by atoms with Crippen molar-refractivity contribution in [3.8, 4) is 0 Å². The van der Waals surface area contributed by atoms with Crippen LogP contribution in [0.1, 0.15) is 25.1 Å². The zero-order chi connectivity index (χ0) is 10.4. The fourth-order valence-electron chi connectivity index (χ4n) is 1.11. The molecule has 1 heterocycles. The standard InChI is InChI=1S/C10H13ClN2O/c1-8(13-10(14)5-6-11)9-4-2-3-7-12-9/h2-4,7-8H,5-6H2,1H3,(H,13,14). The molecule has 0 saturated carbocycles. The van der Waals surface area contributed by atoms with Crippen LogP contribution in [0.2, 0.25) is 0 Å². The molecule has 4 heteroatoms. The third-order valence-electron chi connectivity index (χ3n) is 1.83. The van der Waals surface area contributed by atoms with Crippen LogP contribution in [-0.2, 0) is 4.79 Å². The summed E-state index contributed by atoms with van der Waals surface area (Å²) < 4.78 is 0. The molecule has 1 rings (SSSR count). The predicted molar refractivity (Wildman–Crippen MR) is 56.1 cm³/mol. The summed E-state index contributed by atoms with van der Waals surface area (Å²) in [6.45, 7) is 1.90. The summed E-state index contributed by atoms with van der Waals surface area (Å²) in [5, 5.41) is 2.81. The molecule has 0 aliphatic rings. The van der Waals surface area contributed by atoms with Crippen LogP contribution in [0.25, 0.3) is 0 Å². The number of halogens is 1. The lowest BCUT2D eigenvalue weighted by Crippen LogP contribution is -2.27. The zero-order valence-electron chi connectivity index (χ0n) is 8.03. The maximum atomic E-state index is 11.2. The van der Waals surface area contributed by atoms with E-state index in [-0.39, 0.29) is 11.9 Å². The molecule has 76 valence electrons. The van der Waals surface area contributed by atoms with Crippen LogP contribution in [0, 0.1) is 0 Å². The second-order valence-electron chi connectivity index (χ2n) is 2.98. The van der Waals surface area contributed by atoms with Crippen LogP contribution in [-0.4, -0.2) is 16.8 Å². The van der Waals surface area contributed by atoms with E-state index >= 15 is 0 Å². The highest BCUT2D eigenvalue weighted by Gasteiger charge is 2.08. The molecular formula is C10H13ClN2O. The Labute approximate surface area is 88.5 Å². The molecule has 0 radical (unpaired) electrons. The van der Waals surface area contributed by atoms with Crippen molar-refractivity contribution in [3.05, 3.63) is 30.1 Å². The predicted octanol–water partition coefficient (Wildman–Crippen LogP) is 1.89. The first-order valence-corrected chi connectivity index (χ1v) is 5.03. The van der Waals surface area contributed by atoms with Crippen molar-refractivity contribution in [1.82, 2.24) is 10.3 Å². The Hall–Kier alpha value is -1.09.